The average Bonchev–Trinajstić information content (AvgIpc) is 2.82. The van der Waals surface area contributed by atoms with Gasteiger partial charge in [0.05, 0.1) is 5.52 Å². The summed E-state index contributed by atoms with van der Waals surface area (Å²) in [6.45, 7) is 2.93. The van der Waals surface area contributed by atoms with Crippen LogP contribution in [0.25, 0.3) is 10.9 Å². The van der Waals surface area contributed by atoms with Gasteiger partial charge in [-0.2, -0.15) is 0 Å². The van der Waals surface area contributed by atoms with Crippen molar-refractivity contribution in [3.8, 4) is 0 Å². The van der Waals surface area contributed by atoms with E-state index in [1.807, 2.05) is 30.3 Å². The molecule has 3 rings (SSSR count). The Balaban J connectivity index is 1.63. The number of benzene rings is 1. The van der Waals surface area contributed by atoms with Crippen molar-refractivity contribution in [2.75, 3.05) is 13.1 Å². The Morgan fingerprint density at radius 3 is 2.39 bits per heavy atom. The number of hydrogen-bond acceptors (Lipinski definition) is 4. The maximum Gasteiger partial charge on any atom is 0.407 e. The van der Waals surface area contributed by atoms with Gasteiger partial charge in [0.25, 0.3) is 5.56 Å². The van der Waals surface area contributed by atoms with Crippen molar-refractivity contribution in [2.24, 2.45) is 0 Å². The smallest absolute Gasteiger partial charge is 0.407 e. The highest BCUT2D eigenvalue weighted by molar-refractivity contribution is 5.80. The van der Waals surface area contributed by atoms with Crippen molar-refractivity contribution in [1.82, 2.24) is 9.47 Å². The van der Waals surface area contributed by atoms with E-state index in [0.29, 0.717) is 37.9 Å². The number of rotatable bonds is 11. The topological polar surface area (TPSA) is 88.8 Å². The molecule has 1 saturated heterocycles. The molecule has 0 bridgehead atoms. The molecule has 0 saturated carbocycles. The third kappa shape index (κ3) is 6.83. The summed E-state index contributed by atoms with van der Waals surface area (Å²) in [7, 11) is 0. The van der Waals surface area contributed by atoms with E-state index in [1.165, 1.54) is 35.2 Å². The Bertz CT molecular complexity index is 992. The quantitative estimate of drug-likeness (QED) is 0.356. The standard InChI is InChI=1S/C26H36N2O5/c1-2-3-4-5-6-7-8-13-24(29)33-19-28-23-12-10-9-11-21(23)18-22(25(28)30)20-14-16-27(17-15-20)26(31)32/h9-12,18,20H,2-8,13-17,19H2,1H3,(H,31,32). The zero-order valence-corrected chi connectivity index (χ0v) is 19.6. The third-order valence-electron chi connectivity index (χ3n) is 6.58. The van der Waals surface area contributed by atoms with E-state index in [9.17, 15) is 19.5 Å². The second kappa shape index (κ2) is 12.4. The van der Waals surface area contributed by atoms with E-state index in [-0.39, 0.29) is 24.2 Å². The molecule has 7 nitrogen and oxygen atoms in total. The Morgan fingerprint density at radius 1 is 1.03 bits per heavy atom. The maximum atomic E-state index is 13.3. The van der Waals surface area contributed by atoms with Gasteiger partial charge in [0.15, 0.2) is 6.73 Å². The SMILES string of the molecule is CCCCCCCCCC(=O)OCn1c(=O)c(C2CCN(C(=O)O)CC2)cc2ccccc21. The first-order valence-electron chi connectivity index (χ1n) is 12.3. The number of unbranched alkanes of at least 4 members (excludes halogenated alkanes) is 6. The molecular formula is C26H36N2O5. The van der Waals surface area contributed by atoms with E-state index in [1.54, 1.807) is 0 Å². The molecule has 0 aliphatic carbocycles. The van der Waals surface area contributed by atoms with Crippen LogP contribution in [0.15, 0.2) is 35.1 Å². The fourth-order valence-corrected chi connectivity index (χ4v) is 4.59. The van der Waals surface area contributed by atoms with Crippen molar-refractivity contribution >= 4 is 23.0 Å². The van der Waals surface area contributed by atoms with Gasteiger partial charge in [-0.05, 0) is 42.7 Å². The van der Waals surface area contributed by atoms with Gasteiger partial charge in [0.2, 0.25) is 0 Å². The molecule has 1 aromatic heterocycles. The van der Waals surface area contributed by atoms with Gasteiger partial charge >= 0.3 is 12.1 Å². The molecule has 0 spiro atoms. The highest BCUT2D eigenvalue weighted by Crippen LogP contribution is 2.28. The fourth-order valence-electron chi connectivity index (χ4n) is 4.59. The molecule has 33 heavy (non-hydrogen) atoms. The number of fused-ring (bicyclic) bond motifs is 1. The van der Waals surface area contributed by atoms with Crippen LogP contribution in [0.2, 0.25) is 0 Å². The van der Waals surface area contributed by atoms with E-state index in [2.05, 4.69) is 6.92 Å². The van der Waals surface area contributed by atoms with Crippen LogP contribution in [0.1, 0.15) is 82.6 Å². The lowest BCUT2D eigenvalue weighted by Crippen LogP contribution is -2.38. The van der Waals surface area contributed by atoms with Crippen LogP contribution in [-0.4, -0.2) is 39.7 Å². The predicted octanol–water partition coefficient (Wildman–Crippen LogP) is 5.50. The summed E-state index contributed by atoms with van der Waals surface area (Å²) >= 11 is 0. The first kappa shape index (κ1) is 24.8. The summed E-state index contributed by atoms with van der Waals surface area (Å²) in [6, 6.07) is 9.50. The molecule has 1 aliphatic heterocycles. The summed E-state index contributed by atoms with van der Waals surface area (Å²) in [4.78, 5) is 38.2. The first-order chi connectivity index (χ1) is 16.0. The number of pyridine rings is 1. The molecule has 180 valence electrons. The van der Waals surface area contributed by atoms with Gasteiger partial charge in [-0.1, -0.05) is 63.6 Å². The van der Waals surface area contributed by atoms with Gasteiger partial charge in [0, 0.05) is 25.1 Å². The molecule has 1 fully saturated rings. The number of ether oxygens (including phenoxy) is 1. The Labute approximate surface area is 195 Å². The Morgan fingerprint density at radius 2 is 1.70 bits per heavy atom. The lowest BCUT2D eigenvalue weighted by atomic mass is 9.89. The molecule has 7 heteroatoms. The molecule has 1 N–H and O–H groups in total. The number of carbonyl (C=O) groups is 2. The number of nitrogens with zero attached hydrogens (tertiary/aromatic N) is 2. The van der Waals surface area contributed by atoms with Crippen molar-refractivity contribution in [3.63, 3.8) is 0 Å². The fraction of sp³-hybridized carbons (Fsp3) is 0.577. The minimum atomic E-state index is -0.919. The molecule has 0 radical (unpaired) electrons. The van der Waals surface area contributed by atoms with Gasteiger partial charge in [-0.15, -0.1) is 0 Å². The van der Waals surface area contributed by atoms with E-state index < -0.39 is 6.09 Å². The lowest BCUT2D eigenvalue weighted by molar-refractivity contribution is -0.147. The van der Waals surface area contributed by atoms with Crippen molar-refractivity contribution in [3.05, 3.63) is 46.2 Å². The monoisotopic (exact) mass is 456 g/mol. The third-order valence-corrected chi connectivity index (χ3v) is 6.58. The van der Waals surface area contributed by atoms with Crippen LogP contribution < -0.4 is 5.56 Å². The number of carbonyl (C=O) groups excluding carboxylic acids is 1. The molecule has 1 amide bonds. The van der Waals surface area contributed by atoms with Gasteiger partial charge in [-0.25, -0.2) is 4.79 Å². The first-order valence-corrected chi connectivity index (χ1v) is 12.3. The van der Waals surface area contributed by atoms with Crippen LogP contribution in [0, 0.1) is 0 Å². The number of carboxylic acid groups (broad SMARTS) is 1. The molecule has 2 heterocycles. The number of hydrogen-bond donors (Lipinski definition) is 1. The number of para-hydroxylation sites is 1. The van der Waals surface area contributed by atoms with E-state index in [0.717, 1.165) is 30.2 Å². The normalized spacial score (nSPS) is 14.5. The van der Waals surface area contributed by atoms with Crippen LogP contribution in [-0.2, 0) is 16.3 Å². The molecule has 0 unspecified atom stereocenters. The average molecular weight is 457 g/mol. The lowest BCUT2D eigenvalue weighted by Gasteiger charge is -2.30. The summed E-state index contributed by atoms with van der Waals surface area (Å²) in [5.74, 6) is -0.285. The summed E-state index contributed by atoms with van der Waals surface area (Å²) in [5.41, 5.74) is 1.24. The van der Waals surface area contributed by atoms with Gasteiger partial charge in [-0.3, -0.25) is 14.2 Å². The molecule has 1 aliphatic rings. The highest BCUT2D eigenvalue weighted by atomic mass is 16.5. The molecule has 1 aromatic carbocycles. The van der Waals surface area contributed by atoms with Crippen LogP contribution in [0.3, 0.4) is 0 Å². The van der Waals surface area contributed by atoms with E-state index >= 15 is 0 Å². The number of esters is 1. The number of amides is 1. The van der Waals surface area contributed by atoms with Gasteiger partial charge < -0.3 is 14.7 Å². The van der Waals surface area contributed by atoms with Crippen LogP contribution >= 0.6 is 0 Å². The highest BCUT2D eigenvalue weighted by Gasteiger charge is 2.26. The summed E-state index contributed by atoms with van der Waals surface area (Å²) in [6.07, 6.45) is 8.59. The second-order valence-corrected chi connectivity index (χ2v) is 8.95. The maximum absolute atomic E-state index is 13.3. The summed E-state index contributed by atoms with van der Waals surface area (Å²) < 4.78 is 7.03. The van der Waals surface area contributed by atoms with Crippen molar-refractivity contribution < 1.29 is 19.4 Å². The molecule has 2 aromatic rings. The van der Waals surface area contributed by atoms with Crippen molar-refractivity contribution in [1.29, 1.82) is 0 Å². The predicted molar refractivity (Wildman–Crippen MR) is 128 cm³/mol. The zero-order chi connectivity index (χ0) is 23.6. The Hall–Kier alpha value is -2.83. The summed E-state index contributed by atoms with van der Waals surface area (Å²) in [5, 5.41) is 10.1. The van der Waals surface area contributed by atoms with Crippen molar-refractivity contribution in [2.45, 2.75) is 83.8 Å². The zero-order valence-electron chi connectivity index (χ0n) is 19.6. The molecular weight excluding hydrogens is 420 g/mol. The van der Waals surface area contributed by atoms with Crippen LogP contribution in [0.5, 0.6) is 0 Å². The Kier molecular flexibility index (Phi) is 9.34. The minimum absolute atomic E-state index is 0.00707. The van der Waals surface area contributed by atoms with Crippen LogP contribution in [0.4, 0.5) is 4.79 Å². The van der Waals surface area contributed by atoms with E-state index in [4.69, 9.17) is 4.74 Å². The second-order valence-electron chi connectivity index (χ2n) is 8.95. The number of likely N-dealkylation sites (tertiary alicyclic amines) is 1. The van der Waals surface area contributed by atoms with Gasteiger partial charge in [0.1, 0.15) is 0 Å². The molecule has 0 atom stereocenters. The number of aromatic nitrogens is 1. The number of piperidine rings is 1. The largest absolute Gasteiger partial charge is 0.465 e. The minimum Gasteiger partial charge on any atom is -0.465 e.